The summed E-state index contributed by atoms with van der Waals surface area (Å²) in [6.45, 7) is 3.01. The maximum absolute atomic E-state index is 11.5. The van der Waals surface area contributed by atoms with Crippen molar-refractivity contribution in [3.05, 3.63) is 29.3 Å². The molecule has 1 aromatic carbocycles. The smallest absolute Gasteiger partial charge is 0.163 e. The van der Waals surface area contributed by atoms with Gasteiger partial charge >= 0.3 is 0 Å². The van der Waals surface area contributed by atoms with Crippen molar-refractivity contribution in [3.63, 3.8) is 0 Å². The summed E-state index contributed by atoms with van der Waals surface area (Å²) < 4.78 is 5.74. The predicted octanol–water partition coefficient (Wildman–Crippen LogP) is 4.16. The molecule has 0 aliphatic heterocycles. The highest BCUT2D eigenvalue weighted by atomic mass is 16.5. The minimum Gasteiger partial charge on any atom is -0.494 e. The van der Waals surface area contributed by atoms with Gasteiger partial charge in [-0.25, -0.2) is 0 Å². The molecule has 2 nitrogen and oxygen atoms in total. The Bertz CT molecular complexity index is 410. The van der Waals surface area contributed by atoms with Crippen LogP contribution in [0.2, 0.25) is 0 Å². The van der Waals surface area contributed by atoms with Gasteiger partial charge in [0.25, 0.3) is 0 Å². The number of ether oxygens (including phenoxy) is 1. The number of Topliss-reactive ketones (excluding diaryl/α,β-unsaturated/α-hetero) is 1. The second kappa shape index (κ2) is 6.58. The van der Waals surface area contributed by atoms with E-state index in [0.29, 0.717) is 6.42 Å². The summed E-state index contributed by atoms with van der Waals surface area (Å²) in [6.07, 6.45) is 7.81. The van der Waals surface area contributed by atoms with Crippen LogP contribution in [0.3, 0.4) is 0 Å². The lowest BCUT2D eigenvalue weighted by atomic mass is 10.1. The highest BCUT2D eigenvalue weighted by Gasteiger charge is 2.19. The third-order valence-corrected chi connectivity index (χ3v) is 3.52. The molecule has 1 aromatic rings. The number of aryl methyl sites for hydroxylation is 1. The number of hydrogen-bond acceptors (Lipinski definition) is 2. The topological polar surface area (TPSA) is 26.3 Å². The summed E-state index contributed by atoms with van der Waals surface area (Å²) in [5.74, 6) is 1.19. The van der Waals surface area contributed by atoms with Gasteiger partial charge in [-0.05, 0) is 36.6 Å². The monoisotopic (exact) mass is 246 g/mol. The fraction of sp³-hybridized carbons (Fsp3) is 0.562. The minimum absolute atomic E-state index is 0.274. The highest BCUT2D eigenvalue weighted by Crippen LogP contribution is 2.26. The molecular formula is C16H22O2. The average Bonchev–Trinajstić information content (AvgIpc) is 2.75. The lowest BCUT2D eigenvalue weighted by Crippen LogP contribution is -1.98. The third-order valence-electron chi connectivity index (χ3n) is 3.52. The van der Waals surface area contributed by atoms with Crippen LogP contribution in [0.1, 0.15) is 61.4 Å². The van der Waals surface area contributed by atoms with E-state index in [1.165, 1.54) is 25.7 Å². The van der Waals surface area contributed by atoms with Crippen molar-refractivity contribution in [2.24, 2.45) is 0 Å². The summed E-state index contributed by atoms with van der Waals surface area (Å²) in [5, 5.41) is 0. The van der Waals surface area contributed by atoms with E-state index in [0.717, 1.165) is 36.3 Å². The standard InChI is InChI=1S/C16H22O2/c1-2-3-4-5-6-11-18-14-8-9-15-13(12-14)7-10-16(15)17/h8-9,12H,2-7,10-11H2,1H3. The van der Waals surface area contributed by atoms with Crippen LogP contribution in [0.15, 0.2) is 18.2 Å². The van der Waals surface area contributed by atoms with Crippen LogP contribution in [0.25, 0.3) is 0 Å². The molecule has 2 rings (SSSR count). The number of rotatable bonds is 7. The van der Waals surface area contributed by atoms with E-state index in [1.54, 1.807) is 0 Å². The van der Waals surface area contributed by atoms with Crippen LogP contribution in [0.4, 0.5) is 0 Å². The van der Waals surface area contributed by atoms with Crippen LogP contribution in [-0.4, -0.2) is 12.4 Å². The fourth-order valence-electron chi connectivity index (χ4n) is 2.42. The Balaban J connectivity index is 1.75. The molecule has 0 radical (unpaired) electrons. The molecule has 2 heteroatoms. The number of ketones is 1. The van der Waals surface area contributed by atoms with E-state index in [4.69, 9.17) is 4.74 Å². The van der Waals surface area contributed by atoms with Gasteiger partial charge in [-0.1, -0.05) is 32.6 Å². The number of carbonyl (C=O) groups excluding carboxylic acids is 1. The molecule has 0 N–H and O–H groups in total. The Morgan fingerprint density at radius 2 is 1.94 bits per heavy atom. The van der Waals surface area contributed by atoms with Crippen molar-refractivity contribution in [2.45, 2.75) is 51.9 Å². The zero-order valence-electron chi connectivity index (χ0n) is 11.2. The highest BCUT2D eigenvalue weighted by molar-refractivity contribution is 6.00. The summed E-state index contributed by atoms with van der Waals surface area (Å²) in [5.41, 5.74) is 2.05. The van der Waals surface area contributed by atoms with Gasteiger partial charge in [0.1, 0.15) is 5.75 Å². The first-order valence-corrected chi connectivity index (χ1v) is 7.10. The number of fused-ring (bicyclic) bond motifs is 1. The molecule has 0 saturated carbocycles. The second-order valence-electron chi connectivity index (χ2n) is 5.00. The van der Waals surface area contributed by atoms with Gasteiger partial charge in [0.15, 0.2) is 5.78 Å². The maximum atomic E-state index is 11.5. The van der Waals surface area contributed by atoms with Crippen LogP contribution >= 0.6 is 0 Å². The molecule has 18 heavy (non-hydrogen) atoms. The molecular weight excluding hydrogens is 224 g/mol. The first kappa shape index (κ1) is 13.1. The molecule has 0 aromatic heterocycles. The average molecular weight is 246 g/mol. The molecule has 0 heterocycles. The van der Waals surface area contributed by atoms with Crippen molar-refractivity contribution in [2.75, 3.05) is 6.61 Å². The van der Waals surface area contributed by atoms with E-state index in [2.05, 4.69) is 6.92 Å². The Morgan fingerprint density at radius 1 is 1.11 bits per heavy atom. The van der Waals surface area contributed by atoms with Crippen molar-refractivity contribution in [1.82, 2.24) is 0 Å². The van der Waals surface area contributed by atoms with E-state index in [1.807, 2.05) is 18.2 Å². The van der Waals surface area contributed by atoms with Gasteiger partial charge in [0, 0.05) is 12.0 Å². The van der Waals surface area contributed by atoms with Crippen LogP contribution in [0.5, 0.6) is 5.75 Å². The first-order valence-electron chi connectivity index (χ1n) is 7.10. The number of carbonyl (C=O) groups is 1. The lowest BCUT2D eigenvalue weighted by Gasteiger charge is -2.07. The predicted molar refractivity (Wildman–Crippen MR) is 73.3 cm³/mol. The molecule has 98 valence electrons. The van der Waals surface area contributed by atoms with Gasteiger partial charge in [0.2, 0.25) is 0 Å². The minimum atomic E-state index is 0.274. The Labute approximate surface area is 109 Å². The van der Waals surface area contributed by atoms with Crippen LogP contribution in [-0.2, 0) is 6.42 Å². The number of unbranched alkanes of at least 4 members (excludes halogenated alkanes) is 4. The first-order chi connectivity index (χ1) is 8.81. The van der Waals surface area contributed by atoms with E-state index >= 15 is 0 Å². The molecule has 0 saturated heterocycles. The normalized spacial score (nSPS) is 13.7. The van der Waals surface area contributed by atoms with Crippen molar-refractivity contribution in [1.29, 1.82) is 0 Å². The van der Waals surface area contributed by atoms with E-state index in [9.17, 15) is 4.79 Å². The Morgan fingerprint density at radius 3 is 2.78 bits per heavy atom. The zero-order valence-corrected chi connectivity index (χ0v) is 11.2. The summed E-state index contributed by atoms with van der Waals surface area (Å²) in [4.78, 5) is 11.5. The van der Waals surface area contributed by atoms with Crippen LogP contribution < -0.4 is 4.74 Å². The van der Waals surface area contributed by atoms with Gasteiger partial charge in [-0.15, -0.1) is 0 Å². The van der Waals surface area contributed by atoms with E-state index < -0.39 is 0 Å². The summed E-state index contributed by atoms with van der Waals surface area (Å²) in [6, 6.07) is 5.87. The van der Waals surface area contributed by atoms with Crippen molar-refractivity contribution >= 4 is 5.78 Å². The maximum Gasteiger partial charge on any atom is 0.163 e. The van der Waals surface area contributed by atoms with Gasteiger partial charge < -0.3 is 4.74 Å². The Kier molecular flexibility index (Phi) is 4.80. The SMILES string of the molecule is CCCCCCCOc1ccc2c(c1)CCC2=O. The van der Waals surface area contributed by atoms with Gasteiger partial charge in [-0.2, -0.15) is 0 Å². The zero-order chi connectivity index (χ0) is 12.8. The molecule has 0 atom stereocenters. The van der Waals surface area contributed by atoms with Crippen LogP contribution in [0, 0.1) is 0 Å². The quantitative estimate of drug-likeness (QED) is 0.675. The molecule has 0 unspecified atom stereocenters. The number of benzene rings is 1. The summed E-state index contributed by atoms with van der Waals surface area (Å²) in [7, 11) is 0. The fourth-order valence-corrected chi connectivity index (χ4v) is 2.42. The van der Waals surface area contributed by atoms with Crippen molar-refractivity contribution < 1.29 is 9.53 Å². The molecule has 0 spiro atoms. The molecule has 0 bridgehead atoms. The number of hydrogen-bond donors (Lipinski definition) is 0. The van der Waals surface area contributed by atoms with Gasteiger partial charge in [0.05, 0.1) is 6.61 Å². The van der Waals surface area contributed by atoms with Crippen molar-refractivity contribution in [3.8, 4) is 5.75 Å². The third kappa shape index (κ3) is 3.34. The molecule has 1 aliphatic rings. The Hall–Kier alpha value is -1.31. The largest absolute Gasteiger partial charge is 0.494 e. The molecule has 1 aliphatic carbocycles. The second-order valence-corrected chi connectivity index (χ2v) is 5.00. The van der Waals surface area contributed by atoms with Gasteiger partial charge in [-0.3, -0.25) is 4.79 Å². The summed E-state index contributed by atoms with van der Waals surface area (Å²) >= 11 is 0. The molecule has 0 amide bonds. The lowest BCUT2D eigenvalue weighted by molar-refractivity contribution is 0.0994. The molecule has 0 fully saturated rings. The van der Waals surface area contributed by atoms with E-state index in [-0.39, 0.29) is 5.78 Å².